The zero-order valence-electron chi connectivity index (χ0n) is 15.2. The topological polar surface area (TPSA) is 77.2 Å². The van der Waals surface area contributed by atoms with Crippen LogP contribution in [-0.4, -0.2) is 32.5 Å². The van der Waals surface area contributed by atoms with Gasteiger partial charge in [-0.2, -0.15) is 0 Å². The van der Waals surface area contributed by atoms with Gasteiger partial charge in [-0.15, -0.1) is 0 Å². The minimum atomic E-state index is -0.140. The number of aliphatic hydroxyl groups excluding tert-OH is 1. The Morgan fingerprint density at radius 2 is 2.23 bits per heavy atom. The molecule has 26 heavy (non-hydrogen) atoms. The van der Waals surface area contributed by atoms with Crippen LogP contribution in [0.3, 0.4) is 0 Å². The van der Waals surface area contributed by atoms with E-state index in [1.807, 2.05) is 23.6 Å². The van der Waals surface area contributed by atoms with Gasteiger partial charge < -0.3 is 14.4 Å². The van der Waals surface area contributed by atoms with E-state index in [9.17, 15) is 9.90 Å². The van der Waals surface area contributed by atoms with Gasteiger partial charge in [0.2, 0.25) is 5.88 Å². The molecule has 0 bridgehead atoms. The molecule has 0 fully saturated rings. The second kappa shape index (κ2) is 8.80. The van der Waals surface area contributed by atoms with Gasteiger partial charge in [-0.1, -0.05) is 25.7 Å². The summed E-state index contributed by atoms with van der Waals surface area (Å²) in [7, 11) is 1.55. The smallest absolute Gasteiger partial charge is 0.212 e. The minimum Gasteiger partial charge on any atom is -0.508 e. The van der Waals surface area contributed by atoms with E-state index in [-0.39, 0.29) is 17.6 Å². The molecule has 2 rings (SSSR count). The van der Waals surface area contributed by atoms with E-state index in [1.54, 1.807) is 38.6 Å². The molecule has 2 aromatic rings. The average Bonchev–Trinajstić information content (AvgIpc) is 3.11. The third-order valence-corrected chi connectivity index (χ3v) is 3.82. The fraction of sp³-hybridized carbons (Fsp3) is 0.250. The van der Waals surface area contributed by atoms with E-state index in [0.717, 1.165) is 5.56 Å². The number of allylic oxidation sites excluding steroid dienone is 4. The van der Waals surface area contributed by atoms with Crippen molar-refractivity contribution >= 4 is 5.78 Å². The summed E-state index contributed by atoms with van der Waals surface area (Å²) >= 11 is 0. The van der Waals surface area contributed by atoms with Gasteiger partial charge >= 0.3 is 0 Å². The Hall–Kier alpha value is -3.15. The van der Waals surface area contributed by atoms with Crippen LogP contribution in [0.25, 0.3) is 11.4 Å². The van der Waals surface area contributed by atoms with Crippen LogP contribution in [0.1, 0.15) is 36.8 Å². The summed E-state index contributed by atoms with van der Waals surface area (Å²) in [6.45, 7) is 7.29. The summed E-state index contributed by atoms with van der Waals surface area (Å²) in [6, 6.07) is 3.45. The quantitative estimate of drug-likeness (QED) is 0.435. The van der Waals surface area contributed by atoms with Gasteiger partial charge in [-0.3, -0.25) is 4.79 Å². The zero-order chi connectivity index (χ0) is 19.1. The lowest BCUT2D eigenvalue weighted by atomic mass is 10.2. The molecule has 1 N–H and O–H groups in total. The number of ether oxygens (including phenoxy) is 1. The first-order valence-electron chi connectivity index (χ1n) is 8.32. The Labute approximate surface area is 153 Å². The molecule has 2 heterocycles. The SMILES string of the molecule is C=C/C=C(O)\C=C/C(C)n1cc(C(=O)CC)nc1-c1ccc(OC)nc1. The van der Waals surface area contributed by atoms with Gasteiger partial charge in [0.1, 0.15) is 17.3 Å². The predicted molar refractivity (Wildman–Crippen MR) is 101 cm³/mol. The van der Waals surface area contributed by atoms with Crippen LogP contribution in [0, 0.1) is 0 Å². The normalized spacial score (nSPS) is 13.0. The number of Topliss-reactive ketones (excluding diaryl/α,β-unsaturated/α-hetero) is 1. The number of pyridine rings is 1. The molecule has 0 amide bonds. The van der Waals surface area contributed by atoms with Crippen LogP contribution in [0.15, 0.2) is 61.2 Å². The first-order chi connectivity index (χ1) is 12.5. The van der Waals surface area contributed by atoms with Crippen molar-refractivity contribution in [1.82, 2.24) is 14.5 Å². The predicted octanol–water partition coefficient (Wildman–Crippen LogP) is 4.29. The van der Waals surface area contributed by atoms with Crippen LogP contribution in [0.2, 0.25) is 0 Å². The number of ketones is 1. The number of carbonyl (C=O) groups is 1. The number of rotatable bonds is 8. The Morgan fingerprint density at radius 3 is 2.81 bits per heavy atom. The lowest BCUT2D eigenvalue weighted by Gasteiger charge is -2.12. The molecule has 2 aromatic heterocycles. The molecule has 136 valence electrons. The lowest BCUT2D eigenvalue weighted by molar-refractivity contribution is 0.0984. The number of methoxy groups -OCH3 is 1. The van der Waals surface area contributed by atoms with Crippen molar-refractivity contribution in [1.29, 1.82) is 0 Å². The fourth-order valence-corrected chi connectivity index (χ4v) is 2.37. The highest BCUT2D eigenvalue weighted by molar-refractivity contribution is 5.94. The molecule has 0 saturated carbocycles. The average molecular weight is 353 g/mol. The largest absolute Gasteiger partial charge is 0.508 e. The highest BCUT2D eigenvalue weighted by Gasteiger charge is 2.17. The molecule has 6 heteroatoms. The Bertz CT molecular complexity index is 832. The third kappa shape index (κ3) is 4.47. The number of nitrogens with zero attached hydrogens (tertiary/aromatic N) is 3. The molecule has 0 aromatic carbocycles. The number of aliphatic hydroxyl groups is 1. The van der Waals surface area contributed by atoms with Gasteiger partial charge in [-0.25, -0.2) is 9.97 Å². The van der Waals surface area contributed by atoms with Crippen molar-refractivity contribution in [3.63, 3.8) is 0 Å². The Kier molecular flexibility index (Phi) is 6.49. The summed E-state index contributed by atoms with van der Waals surface area (Å²) in [5.74, 6) is 1.20. The number of aromatic nitrogens is 3. The lowest BCUT2D eigenvalue weighted by Crippen LogP contribution is -2.04. The van der Waals surface area contributed by atoms with Gasteiger partial charge in [0.15, 0.2) is 5.78 Å². The van der Waals surface area contributed by atoms with Crippen molar-refractivity contribution in [3.05, 3.63) is 66.9 Å². The summed E-state index contributed by atoms with van der Waals surface area (Å²) < 4.78 is 6.96. The second-order valence-corrected chi connectivity index (χ2v) is 5.65. The van der Waals surface area contributed by atoms with E-state index in [1.165, 1.54) is 12.2 Å². The minimum absolute atomic E-state index is 0.0305. The highest BCUT2D eigenvalue weighted by Crippen LogP contribution is 2.25. The maximum absolute atomic E-state index is 12.1. The molecule has 0 aliphatic heterocycles. The molecule has 0 saturated heterocycles. The summed E-state index contributed by atoms with van der Waals surface area (Å²) in [5, 5.41) is 9.72. The van der Waals surface area contributed by atoms with E-state index in [0.29, 0.717) is 23.8 Å². The third-order valence-electron chi connectivity index (χ3n) is 3.82. The van der Waals surface area contributed by atoms with Gasteiger partial charge in [0.25, 0.3) is 0 Å². The van der Waals surface area contributed by atoms with Crippen molar-refractivity contribution in [2.75, 3.05) is 7.11 Å². The molecule has 0 radical (unpaired) electrons. The van der Waals surface area contributed by atoms with Crippen LogP contribution in [0.5, 0.6) is 5.88 Å². The van der Waals surface area contributed by atoms with Crippen LogP contribution < -0.4 is 4.74 Å². The number of hydrogen-bond acceptors (Lipinski definition) is 5. The molecule has 1 atom stereocenters. The number of imidazole rings is 1. The summed E-state index contributed by atoms with van der Waals surface area (Å²) in [6.07, 6.45) is 10.2. The first kappa shape index (κ1) is 19.2. The highest BCUT2D eigenvalue weighted by atomic mass is 16.5. The van der Waals surface area contributed by atoms with E-state index in [4.69, 9.17) is 4.74 Å². The molecule has 0 aliphatic carbocycles. The Balaban J connectivity index is 2.45. The zero-order valence-corrected chi connectivity index (χ0v) is 15.2. The molecule has 1 unspecified atom stereocenters. The molecule has 0 spiro atoms. The number of hydrogen-bond donors (Lipinski definition) is 1. The van der Waals surface area contributed by atoms with Crippen molar-refractivity contribution in [3.8, 4) is 17.3 Å². The van der Waals surface area contributed by atoms with Crippen LogP contribution in [-0.2, 0) is 0 Å². The van der Waals surface area contributed by atoms with Crippen LogP contribution >= 0.6 is 0 Å². The number of carbonyl (C=O) groups excluding carboxylic acids is 1. The summed E-state index contributed by atoms with van der Waals surface area (Å²) in [5.41, 5.74) is 1.18. The van der Waals surface area contributed by atoms with Crippen LogP contribution in [0.4, 0.5) is 0 Å². The molecular formula is C20H23N3O3. The monoisotopic (exact) mass is 353 g/mol. The van der Waals surface area contributed by atoms with Gasteiger partial charge in [0, 0.05) is 30.4 Å². The molecule has 6 nitrogen and oxygen atoms in total. The second-order valence-electron chi connectivity index (χ2n) is 5.65. The first-order valence-corrected chi connectivity index (χ1v) is 8.32. The summed E-state index contributed by atoms with van der Waals surface area (Å²) in [4.78, 5) is 20.8. The van der Waals surface area contributed by atoms with E-state index >= 15 is 0 Å². The standard InChI is InChI=1S/C20H23N3O3/c1-5-7-16(24)10-8-14(3)23-13-17(18(25)6-2)22-20(23)15-9-11-19(26-4)21-12-15/h5,7-14,24H,1,6H2,2-4H3/b10-8-,16-7+. The maximum Gasteiger partial charge on any atom is 0.212 e. The van der Waals surface area contributed by atoms with Crippen molar-refractivity contribution < 1.29 is 14.6 Å². The molecular weight excluding hydrogens is 330 g/mol. The molecule has 0 aliphatic rings. The van der Waals surface area contributed by atoms with Gasteiger partial charge in [0.05, 0.1) is 13.2 Å². The van der Waals surface area contributed by atoms with Gasteiger partial charge in [-0.05, 0) is 25.1 Å². The fourth-order valence-electron chi connectivity index (χ4n) is 2.37. The van der Waals surface area contributed by atoms with Crippen molar-refractivity contribution in [2.45, 2.75) is 26.3 Å². The van der Waals surface area contributed by atoms with E-state index < -0.39 is 0 Å². The van der Waals surface area contributed by atoms with Crippen molar-refractivity contribution in [2.24, 2.45) is 0 Å². The Morgan fingerprint density at radius 1 is 1.46 bits per heavy atom. The maximum atomic E-state index is 12.1. The van der Waals surface area contributed by atoms with E-state index in [2.05, 4.69) is 16.5 Å².